The average molecular weight is 386 g/mol. The fraction of sp³-hybridized carbons (Fsp3) is 0.182. The van der Waals surface area contributed by atoms with Crippen LogP contribution in [0, 0.1) is 21.4 Å². The predicted molar refractivity (Wildman–Crippen MR) is 111 cm³/mol. The Morgan fingerprint density at radius 3 is 2.59 bits per heavy atom. The van der Waals surface area contributed by atoms with Gasteiger partial charge in [-0.3, -0.25) is 10.1 Å². The van der Waals surface area contributed by atoms with Gasteiger partial charge in [0, 0.05) is 36.2 Å². The van der Waals surface area contributed by atoms with Crippen LogP contribution >= 0.6 is 0 Å². The molecule has 1 fully saturated rings. The minimum Gasteiger partial charge on any atom is -0.378 e. The molecule has 0 bridgehead atoms. The van der Waals surface area contributed by atoms with Crippen molar-refractivity contribution in [3.63, 3.8) is 0 Å². The van der Waals surface area contributed by atoms with Gasteiger partial charge in [-0.1, -0.05) is 18.2 Å². The van der Waals surface area contributed by atoms with E-state index in [1.807, 2.05) is 30.3 Å². The molecular weight excluding hydrogens is 368 g/mol. The largest absolute Gasteiger partial charge is 0.378 e. The smallest absolute Gasteiger partial charge is 0.269 e. The average Bonchev–Trinajstić information content (AvgIpc) is 2.77. The van der Waals surface area contributed by atoms with E-state index in [0.717, 1.165) is 35.4 Å². The number of nitro benzene ring substituents is 1. The topological polar surface area (TPSA) is 92.3 Å². The number of hydrogen-bond donors (Lipinski definition) is 0. The van der Waals surface area contributed by atoms with Crippen molar-refractivity contribution < 1.29 is 9.66 Å². The summed E-state index contributed by atoms with van der Waals surface area (Å²) in [5.74, 6) is 0.807. The molecule has 0 N–H and O–H groups in total. The summed E-state index contributed by atoms with van der Waals surface area (Å²) in [6, 6.07) is 18.1. The summed E-state index contributed by atoms with van der Waals surface area (Å²) in [6.45, 7) is 2.72. The normalized spacial score (nSPS) is 14.6. The van der Waals surface area contributed by atoms with Gasteiger partial charge in [0.15, 0.2) is 0 Å². The Labute approximate surface area is 167 Å². The Morgan fingerprint density at radius 1 is 1.17 bits per heavy atom. The number of benzene rings is 2. The van der Waals surface area contributed by atoms with Gasteiger partial charge >= 0.3 is 0 Å². The van der Waals surface area contributed by atoms with Gasteiger partial charge in [-0.05, 0) is 35.9 Å². The lowest BCUT2D eigenvalue weighted by molar-refractivity contribution is -0.384. The van der Waals surface area contributed by atoms with Gasteiger partial charge in [-0.15, -0.1) is 0 Å². The van der Waals surface area contributed by atoms with Crippen molar-refractivity contribution in [2.45, 2.75) is 0 Å². The van der Waals surface area contributed by atoms with Gasteiger partial charge in [0.1, 0.15) is 5.82 Å². The van der Waals surface area contributed by atoms with E-state index < -0.39 is 4.92 Å². The van der Waals surface area contributed by atoms with E-state index in [4.69, 9.17) is 9.72 Å². The van der Waals surface area contributed by atoms with Crippen molar-refractivity contribution >= 4 is 34.1 Å². The van der Waals surface area contributed by atoms with Gasteiger partial charge in [-0.2, -0.15) is 5.26 Å². The molecule has 7 heteroatoms. The van der Waals surface area contributed by atoms with Crippen molar-refractivity contribution in [3.05, 3.63) is 75.8 Å². The molecule has 0 radical (unpaired) electrons. The van der Waals surface area contributed by atoms with Crippen LogP contribution in [0.3, 0.4) is 0 Å². The van der Waals surface area contributed by atoms with Crippen molar-refractivity contribution in [1.29, 1.82) is 5.26 Å². The number of anilines is 1. The summed E-state index contributed by atoms with van der Waals surface area (Å²) in [6.07, 6.45) is 1.80. The first kappa shape index (κ1) is 18.6. The summed E-state index contributed by atoms with van der Waals surface area (Å²) in [5.41, 5.74) is 2.76. The second-order valence-corrected chi connectivity index (χ2v) is 6.67. The zero-order chi connectivity index (χ0) is 20.2. The molecule has 1 aliphatic heterocycles. The molecule has 0 unspecified atom stereocenters. The Hall–Kier alpha value is -3.76. The molecule has 2 heterocycles. The maximum atomic E-state index is 10.9. The van der Waals surface area contributed by atoms with Crippen LogP contribution in [0.15, 0.2) is 54.6 Å². The number of para-hydroxylation sites is 1. The fourth-order valence-corrected chi connectivity index (χ4v) is 3.36. The number of morpholine rings is 1. The molecule has 2 aromatic carbocycles. The number of aromatic nitrogens is 1. The quantitative estimate of drug-likeness (QED) is 0.382. The molecule has 0 aliphatic carbocycles. The van der Waals surface area contributed by atoms with Crippen molar-refractivity contribution in [1.82, 2.24) is 4.98 Å². The Morgan fingerprint density at radius 2 is 1.90 bits per heavy atom. The Balaban J connectivity index is 1.81. The summed E-state index contributed by atoms with van der Waals surface area (Å²) >= 11 is 0. The molecule has 3 aromatic rings. The first-order valence-corrected chi connectivity index (χ1v) is 9.25. The molecule has 0 amide bonds. The van der Waals surface area contributed by atoms with E-state index in [1.54, 1.807) is 18.2 Å². The van der Waals surface area contributed by atoms with Crippen molar-refractivity contribution in [3.8, 4) is 6.07 Å². The molecule has 0 spiro atoms. The van der Waals surface area contributed by atoms with Gasteiger partial charge < -0.3 is 9.64 Å². The number of fused-ring (bicyclic) bond motifs is 1. The first-order valence-electron chi connectivity index (χ1n) is 9.25. The summed E-state index contributed by atoms with van der Waals surface area (Å²) in [7, 11) is 0. The molecule has 0 atom stereocenters. The second-order valence-electron chi connectivity index (χ2n) is 6.67. The van der Waals surface area contributed by atoms with E-state index in [9.17, 15) is 15.4 Å². The third-order valence-corrected chi connectivity index (χ3v) is 4.85. The van der Waals surface area contributed by atoms with E-state index >= 15 is 0 Å². The van der Waals surface area contributed by atoms with E-state index in [1.165, 1.54) is 12.1 Å². The molecule has 0 saturated carbocycles. The van der Waals surface area contributed by atoms with E-state index in [-0.39, 0.29) is 5.69 Å². The molecule has 1 saturated heterocycles. The highest BCUT2D eigenvalue weighted by atomic mass is 16.6. The van der Waals surface area contributed by atoms with Gasteiger partial charge in [0.2, 0.25) is 0 Å². The monoisotopic (exact) mass is 386 g/mol. The van der Waals surface area contributed by atoms with Crippen LogP contribution in [0.5, 0.6) is 0 Å². The van der Waals surface area contributed by atoms with Gasteiger partial charge in [-0.25, -0.2) is 4.98 Å². The highest BCUT2D eigenvalue weighted by Gasteiger charge is 2.17. The molecule has 144 valence electrons. The standard InChI is InChI=1S/C22H18N4O3/c23-15-19(16-5-7-20(8-6-16)26(27)28)14-18-13-17-3-1-2-4-21(17)24-22(18)25-9-11-29-12-10-25/h1-8,13-14H,9-12H2. The molecule has 1 aromatic heterocycles. The van der Waals surface area contributed by atoms with Gasteiger partial charge in [0.05, 0.1) is 35.3 Å². The number of ether oxygens (including phenoxy) is 1. The lowest BCUT2D eigenvalue weighted by Gasteiger charge is -2.29. The Bertz CT molecular complexity index is 1130. The third kappa shape index (κ3) is 3.93. The highest BCUT2D eigenvalue weighted by molar-refractivity contribution is 5.94. The number of rotatable bonds is 4. The maximum absolute atomic E-state index is 10.9. The van der Waals surface area contributed by atoms with Crippen LogP contribution in [0.2, 0.25) is 0 Å². The number of allylic oxidation sites excluding steroid dienone is 1. The minimum atomic E-state index is -0.455. The summed E-state index contributed by atoms with van der Waals surface area (Å²) in [4.78, 5) is 17.4. The lowest BCUT2D eigenvalue weighted by atomic mass is 10.0. The van der Waals surface area contributed by atoms with E-state index in [2.05, 4.69) is 11.0 Å². The van der Waals surface area contributed by atoms with Crippen LogP contribution in [-0.2, 0) is 4.74 Å². The number of nitriles is 1. The third-order valence-electron chi connectivity index (χ3n) is 4.85. The highest BCUT2D eigenvalue weighted by Crippen LogP contribution is 2.29. The zero-order valence-electron chi connectivity index (χ0n) is 15.6. The number of nitrogens with zero attached hydrogens (tertiary/aromatic N) is 4. The van der Waals surface area contributed by atoms with Crippen LogP contribution < -0.4 is 4.90 Å². The minimum absolute atomic E-state index is 0.00702. The molecular formula is C22H18N4O3. The molecule has 7 nitrogen and oxygen atoms in total. The zero-order valence-corrected chi connectivity index (χ0v) is 15.6. The molecule has 1 aliphatic rings. The van der Waals surface area contributed by atoms with Crippen molar-refractivity contribution in [2.75, 3.05) is 31.2 Å². The van der Waals surface area contributed by atoms with Crippen LogP contribution in [0.1, 0.15) is 11.1 Å². The maximum Gasteiger partial charge on any atom is 0.269 e. The number of non-ortho nitro benzene ring substituents is 1. The Kier molecular flexibility index (Phi) is 5.18. The van der Waals surface area contributed by atoms with Crippen LogP contribution in [0.25, 0.3) is 22.6 Å². The fourth-order valence-electron chi connectivity index (χ4n) is 3.36. The van der Waals surface area contributed by atoms with Crippen molar-refractivity contribution in [2.24, 2.45) is 0 Å². The molecule has 4 rings (SSSR count). The number of pyridine rings is 1. The predicted octanol–water partition coefficient (Wildman–Crippen LogP) is 4.04. The summed E-state index contributed by atoms with van der Waals surface area (Å²) < 4.78 is 5.46. The number of hydrogen-bond acceptors (Lipinski definition) is 6. The van der Waals surface area contributed by atoms with Gasteiger partial charge in [0.25, 0.3) is 5.69 Å². The molecule has 29 heavy (non-hydrogen) atoms. The van der Waals surface area contributed by atoms with Crippen LogP contribution in [-0.4, -0.2) is 36.2 Å². The van der Waals surface area contributed by atoms with Crippen LogP contribution in [0.4, 0.5) is 11.5 Å². The lowest BCUT2D eigenvalue weighted by Crippen LogP contribution is -2.37. The first-order chi connectivity index (χ1) is 14.2. The second kappa shape index (κ2) is 8.09. The van der Waals surface area contributed by atoms with E-state index in [0.29, 0.717) is 24.4 Å². The SMILES string of the molecule is N#CC(=Cc1cc2ccccc2nc1N1CCOCC1)c1ccc([N+](=O)[O-])cc1. The number of nitro groups is 1. The summed E-state index contributed by atoms with van der Waals surface area (Å²) in [5, 5.41) is 21.6.